The second kappa shape index (κ2) is 9.25. The summed E-state index contributed by atoms with van der Waals surface area (Å²) in [5, 5.41) is 0. The van der Waals surface area contributed by atoms with Crippen LogP contribution in [0.2, 0.25) is 0 Å². The second-order valence-corrected chi connectivity index (χ2v) is 6.39. The van der Waals surface area contributed by atoms with Gasteiger partial charge < -0.3 is 20.1 Å². The van der Waals surface area contributed by atoms with Gasteiger partial charge >= 0.3 is 0 Å². The van der Waals surface area contributed by atoms with Crippen LogP contribution in [0.1, 0.15) is 38.8 Å². The first-order valence-electron chi connectivity index (χ1n) is 9.18. The molecule has 136 valence electrons. The molecule has 0 aromatic heterocycles. The fourth-order valence-electron chi connectivity index (χ4n) is 3.54. The van der Waals surface area contributed by atoms with Crippen LogP contribution in [0.5, 0.6) is 11.5 Å². The van der Waals surface area contributed by atoms with E-state index in [2.05, 4.69) is 35.9 Å². The Balaban J connectivity index is 2.27. The summed E-state index contributed by atoms with van der Waals surface area (Å²) in [6, 6.07) is 7.02. The fourth-order valence-corrected chi connectivity index (χ4v) is 3.54. The molecule has 0 aliphatic carbocycles. The zero-order chi connectivity index (χ0) is 17.5. The van der Waals surface area contributed by atoms with E-state index in [1.165, 1.54) is 5.56 Å². The quantitative estimate of drug-likeness (QED) is 0.791. The Morgan fingerprint density at radius 1 is 1.12 bits per heavy atom. The molecule has 1 heterocycles. The van der Waals surface area contributed by atoms with Gasteiger partial charge in [0.05, 0.1) is 13.2 Å². The van der Waals surface area contributed by atoms with Crippen molar-refractivity contribution in [2.24, 2.45) is 5.73 Å². The highest BCUT2D eigenvalue weighted by molar-refractivity contribution is 5.44. The molecule has 24 heavy (non-hydrogen) atoms. The van der Waals surface area contributed by atoms with Gasteiger partial charge in [0.25, 0.3) is 0 Å². The van der Waals surface area contributed by atoms with Crippen LogP contribution in [0.25, 0.3) is 0 Å². The van der Waals surface area contributed by atoms with Crippen molar-refractivity contribution in [1.82, 2.24) is 9.80 Å². The highest BCUT2D eigenvalue weighted by atomic mass is 16.5. The van der Waals surface area contributed by atoms with Crippen molar-refractivity contribution in [2.45, 2.75) is 39.3 Å². The Bertz CT molecular complexity index is 509. The SMILES string of the molecule is CCOc1ccc(C(CN)N2CCN(C)CC2CC)cc1OCC. The Morgan fingerprint density at radius 3 is 2.46 bits per heavy atom. The lowest BCUT2D eigenvalue weighted by Crippen LogP contribution is -2.53. The average Bonchev–Trinajstić information content (AvgIpc) is 2.59. The van der Waals surface area contributed by atoms with Gasteiger partial charge in [-0.15, -0.1) is 0 Å². The molecular formula is C19H33N3O2. The highest BCUT2D eigenvalue weighted by Gasteiger charge is 2.30. The standard InChI is InChI=1S/C19H33N3O2/c1-5-16-14-21(4)10-11-22(16)17(13-20)15-8-9-18(23-6-2)19(12-15)24-7-3/h8-9,12,16-17H,5-7,10-11,13-14,20H2,1-4H3. The minimum absolute atomic E-state index is 0.221. The van der Waals surface area contributed by atoms with Gasteiger partial charge in [-0.05, 0) is 45.0 Å². The maximum atomic E-state index is 6.18. The molecule has 1 aromatic carbocycles. The molecule has 0 amide bonds. The summed E-state index contributed by atoms with van der Waals surface area (Å²) in [6.07, 6.45) is 1.14. The molecular weight excluding hydrogens is 302 g/mol. The molecule has 1 saturated heterocycles. The average molecular weight is 335 g/mol. The number of ether oxygens (including phenoxy) is 2. The monoisotopic (exact) mass is 335 g/mol. The van der Waals surface area contributed by atoms with E-state index in [-0.39, 0.29) is 6.04 Å². The fraction of sp³-hybridized carbons (Fsp3) is 0.684. The molecule has 2 atom stereocenters. The Morgan fingerprint density at radius 2 is 1.83 bits per heavy atom. The van der Waals surface area contributed by atoms with E-state index in [0.717, 1.165) is 37.6 Å². The van der Waals surface area contributed by atoms with E-state index < -0.39 is 0 Å². The number of nitrogens with two attached hydrogens (primary N) is 1. The van der Waals surface area contributed by atoms with E-state index in [0.29, 0.717) is 25.8 Å². The van der Waals surface area contributed by atoms with Crippen molar-refractivity contribution >= 4 is 0 Å². The molecule has 2 N–H and O–H groups in total. The predicted molar refractivity (Wildman–Crippen MR) is 98.9 cm³/mol. The topological polar surface area (TPSA) is 51.0 Å². The molecule has 1 fully saturated rings. The van der Waals surface area contributed by atoms with Crippen LogP contribution in [0, 0.1) is 0 Å². The van der Waals surface area contributed by atoms with Crippen LogP contribution >= 0.6 is 0 Å². The van der Waals surface area contributed by atoms with Crippen LogP contribution in [-0.4, -0.2) is 62.3 Å². The van der Waals surface area contributed by atoms with Gasteiger partial charge in [-0.2, -0.15) is 0 Å². The number of hydrogen-bond acceptors (Lipinski definition) is 5. The van der Waals surface area contributed by atoms with Crippen LogP contribution in [-0.2, 0) is 0 Å². The van der Waals surface area contributed by atoms with Crippen LogP contribution < -0.4 is 15.2 Å². The smallest absolute Gasteiger partial charge is 0.161 e. The molecule has 1 aliphatic rings. The Labute approximate surface area is 146 Å². The lowest BCUT2D eigenvalue weighted by Gasteiger charge is -2.44. The molecule has 0 saturated carbocycles. The minimum atomic E-state index is 0.221. The third-order valence-corrected chi connectivity index (χ3v) is 4.78. The van der Waals surface area contributed by atoms with Gasteiger partial charge in [0.1, 0.15) is 0 Å². The van der Waals surface area contributed by atoms with Crippen molar-refractivity contribution in [2.75, 3.05) is 46.4 Å². The van der Waals surface area contributed by atoms with Crippen molar-refractivity contribution in [3.63, 3.8) is 0 Å². The summed E-state index contributed by atoms with van der Waals surface area (Å²) < 4.78 is 11.5. The van der Waals surface area contributed by atoms with Crippen molar-refractivity contribution in [3.05, 3.63) is 23.8 Å². The summed E-state index contributed by atoms with van der Waals surface area (Å²) >= 11 is 0. The highest BCUT2D eigenvalue weighted by Crippen LogP contribution is 2.33. The summed E-state index contributed by atoms with van der Waals surface area (Å²) in [5.74, 6) is 1.63. The summed E-state index contributed by atoms with van der Waals surface area (Å²) in [7, 11) is 2.20. The maximum absolute atomic E-state index is 6.18. The van der Waals surface area contributed by atoms with Gasteiger partial charge in [-0.25, -0.2) is 0 Å². The van der Waals surface area contributed by atoms with E-state index in [4.69, 9.17) is 15.2 Å². The number of piperazine rings is 1. The van der Waals surface area contributed by atoms with Crippen LogP contribution in [0.4, 0.5) is 0 Å². The molecule has 5 heteroatoms. The first kappa shape index (κ1) is 19.0. The van der Waals surface area contributed by atoms with E-state index in [9.17, 15) is 0 Å². The Kier molecular flexibility index (Phi) is 7.34. The van der Waals surface area contributed by atoms with Crippen LogP contribution in [0.15, 0.2) is 18.2 Å². The molecule has 1 aliphatic heterocycles. The second-order valence-electron chi connectivity index (χ2n) is 6.39. The number of likely N-dealkylation sites (N-methyl/N-ethyl adjacent to an activating group) is 1. The van der Waals surface area contributed by atoms with Crippen molar-refractivity contribution < 1.29 is 9.47 Å². The van der Waals surface area contributed by atoms with Crippen molar-refractivity contribution in [1.29, 1.82) is 0 Å². The van der Waals surface area contributed by atoms with Crippen LogP contribution in [0.3, 0.4) is 0 Å². The molecule has 0 bridgehead atoms. The van der Waals surface area contributed by atoms with E-state index >= 15 is 0 Å². The van der Waals surface area contributed by atoms with Gasteiger partial charge in [-0.3, -0.25) is 4.90 Å². The number of benzene rings is 1. The molecule has 0 spiro atoms. The molecule has 0 radical (unpaired) electrons. The largest absolute Gasteiger partial charge is 0.490 e. The summed E-state index contributed by atoms with van der Waals surface area (Å²) in [5.41, 5.74) is 7.40. The first-order valence-corrected chi connectivity index (χ1v) is 9.18. The molecule has 5 nitrogen and oxygen atoms in total. The number of rotatable bonds is 8. The van der Waals surface area contributed by atoms with Gasteiger partial charge in [0, 0.05) is 38.3 Å². The summed E-state index contributed by atoms with van der Waals surface area (Å²) in [4.78, 5) is 4.97. The zero-order valence-corrected chi connectivity index (χ0v) is 15.6. The lowest BCUT2D eigenvalue weighted by atomic mass is 9.99. The van der Waals surface area contributed by atoms with Crippen molar-refractivity contribution in [3.8, 4) is 11.5 Å². The summed E-state index contributed by atoms with van der Waals surface area (Å²) in [6.45, 7) is 11.4. The Hall–Kier alpha value is -1.30. The van der Waals surface area contributed by atoms with Gasteiger partial charge in [0.15, 0.2) is 11.5 Å². The maximum Gasteiger partial charge on any atom is 0.161 e. The minimum Gasteiger partial charge on any atom is -0.490 e. The first-order chi connectivity index (χ1) is 11.6. The van der Waals surface area contributed by atoms with Gasteiger partial charge in [-0.1, -0.05) is 13.0 Å². The normalized spacial score (nSPS) is 20.8. The lowest BCUT2D eigenvalue weighted by molar-refractivity contribution is 0.0520. The van der Waals surface area contributed by atoms with Gasteiger partial charge in [0.2, 0.25) is 0 Å². The molecule has 1 aromatic rings. The van der Waals surface area contributed by atoms with E-state index in [1.807, 2.05) is 19.9 Å². The third kappa shape index (κ3) is 4.41. The molecule has 2 rings (SSSR count). The number of hydrogen-bond donors (Lipinski definition) is 1. The number of nitrogens with zero attached hydrogens (tertiary/aromatic N) is 2. The predicted octanol–water partition coefficient (Wildman–Crippen LogP) is 2.51. The zero-order valence-electron chi connectivity index (χ0n) is 15.6. The third-order valence-electron chi connectivity index (χ3n) is 4.78. The van der Waals surface area contributed by atoms with E-state index in [1.54, 1.807) is 0 Å². The molecule has 2 unspecified atom stereocenters.